The van der Waals surface area contributed by atoms with E-state index in [9.17, 15) is 9.90 Å². The van der Waals surface area contributed by atoms with Crippen LogP contribution in [-0.2, 0) is 5.41 Å². The fraction of sp³-hybridized carbons (Fsp3) is 0.462. The second-order valence-corrected chi connectivity index (χ2v) is 5.38. The minimum atomic E-state index is -0.740. The van der Waals surface area contributed by atoms with Crippen LogP contribution in [0, 0.1) is 0 Å². The lowest BCUT2D eigenvalue weighted by Crippen LogP contribution is -2.32. The maximum atomic E-state index is 11.7. The van der Waals surface area contributed by atoms with Gasteiger partial charge >= 0.3 is 0 Å². The van der Waals surface area contributed by atoms with Crippen LogP contribution in [0.2, 0.25) is 0 Å². The molecule has 4 nitrogen and oxygen atoms in total. The highest BCUT2D eigenvalue weighted by Gasteiger charge is 2.22. The molecule has 0 spiro atoms. The van der Waals surface area contributed by atoms with Crippen LogP contribution in [0.5, 0.6) is 0 Å². The van der Waals surface area contributed by atoms with Crippen molar-refractivity contribution >= 4 is 11.6 Å². The van der Waals surface area contributed by atoms with Crippen LogP contribution in [0.3, 0.4) is 0 Å². The molecule has 0 fully saturated rings. The van der Waals surface area contributed by atoms with Gasteiger partial charge in [0.2, 0.25) is 0 Å². The van der Waals surface area contributed by atoms with Crippen molar-refractivity contribution in [1.29, 1.82) is 0 Å². The van der Waals surface area contributed by atoms with Crippen molar-refractivity contribution in [1.82, 2.24) is 5.32 Å². The molecule has 0 bridgehead atoms. The zero-order valence-electron chi connectivity index (χ0n) is 10.4. The predicted octanol–water partition coefficient (Wildman–Crippen LogP) is 1.46. The summed E-state index contributed by atoms with van der Waals surface area (Å²) >= 11 is 0. The summed E-state index contributed by atoms with van der Waals surface area (Å²) < 4.78 is 0. The summed E-state index contributed by atoms with van der Waals surface area (Å²) in [6.45, 7) is 6.56. The first-order valence-electron chi connectivity index (χ1n) is 5.75. The minimum Gasteiger partial charge on any atom is -0.372 e. The summed E-state index contributed by atoms with van der Waals surface area (Å²) in [6, 6.07) is 5.69. The molecule has 0 aliphatic carbocycles. The number of benzene rings is 1. The molecule has 1 aliphatic rings. The van der Waals surface area contributed by atoms with Gasteiger partial charge in [0.15, 0.2) is 0 Å². The van der Waals surface area contributed by atoms with Gasteiger partial charge in [0, 0.05) is 5.69 Å². The number of aliphatic hydroxyl groups is 1. The Bertz CT molecular complexity index is 449. The average Bonchev–Trinajstić information content (AvgIpc) is 2.37. The van der Waals surface area contributed by atoms with E-state index in [4.69, 9.17) is 0 Å². The molecular formula is C13H18N2O2. The molecule has 2 rings (SSSR count). The second kappa shape index (κ2) is 4.04. The third-order valence-electron chi connectivity index (χ3n) is 2.91. The van der Waals surface area contributed by atoms with Crippen molar-refractivity contribution in [2.75, 3.05) is 11.9 Å². The number of fused-ring (bicyclic) bond motifs is 1. The lowest BCUT2D eigenvalue weighted by Gasteiger charge is -2.21. The Morgan fingerprint density at radius 2 is 2.06 bits per heavy atom. The molecule has 1 aromatic rings. The molecule has 0 saturated heterocycles. The summed E-state index contributed by atoms with van der Waals surface area (Å²) in [5.41, 5.74) is 2.42. The van der Waals surface area contributed by atoms with Crippen LogP contribution in [0.1, 0.15) is 36.7 Å². The Morgan fingerprint density at radius 3 is 2.71 bits per heavy atom. The molecule has 0 radical (unpaired) electrons. The van der Waals surface area contributed by atoms with Crippen LogP contribution >= 0.6 is 0 Å². The summed E-state index contributed by atoms with van der Waals surface area (Å²) in [6.07, 6.45) is -0.740. The molecule has 0 aromatic heterocycles. The Balaban J connectivity index is 2.47. The summed E-state index contributed by atoms with van der Waals surface area (Å²) in [5.74, 6) is -0.149. The number of anilines is 1. The number of hydrogen-bond donors (Lipinski definition) is 3. The Labute approximate surface area is 101 Å². The van der Waals surface area contributed by atoms with Gasteiger partial charge in [0.25, 0.3) is 5.91 Å². The molecule has 1 unspecified atom stereocenters. The fourth-order valence-electron chi connectivity index (χ4n) is 1.84. The maximum Gasteiger partial charge on any atom is 0.253 e. The molecule has 0 saturated carbocycles. The zero-order chi connectivity index (χ0) is 12.6. The third kappa shape index (κ3) is 2.42. The van der Waals surface area contributed by atoms with Gasteiger partial charge < -0.3 is 15.7 Å². The van der Waals surface area contributed by atoms with E-state index in [0.717, 1.165) is 5.56 Å². The fourth-order valence-corrected chi connectivity index (χ4v) is 1.84. The summed E-state index contributed by atoms with van der Waals surface area (Å²) in [5, 5.41) is 15.2. The topological polar surface area (TPSA) is 61.4 Å². The number of nitrogens with one attached hydrogen (secondary N) is 2. The quantitative estimate of drug-likeness (QED) is 0.637. The largest absolute Gasteiger partial charge is 0.372 e. The highest BCUT2D eigenvalue weighted by Crippen LogP contribution is 2.28. The van der Waals surface area contributed by atoms with Gasteiger partial charge in [-0.25, -0.2) is 0 Å². The molecule has 1 atom stereocenters. The van der Waals surface area contributed by atoms with E-state index in [-0.39, 0.29) is 17.9 Å². The van der Waals surface area contributed by atoms with Crippen LogP contribution in [-0.4, -0.2) is 23.8 Å². The predicted molar refractivity (Wildman–Crippen MR) is 67.1 cm³/mol. The lowest BCUT2D eigenvalue weighted by atomic mass is 9.86. The smallest absolute Gasteiger partial charge is 0.253 e. The van der Waals surface area contributed by atoms with Crippen molar-refractivity contribution in [2.24, 2.45) is 0 Å². The normalized spacial score (nSPS) is 20.0. The summed E-state index contributed by atoms with van der Waals surface area (Å²) in [7, 11) is 0. The maximum absolute atomic E-state index is 11.7. The van der Waals surface area contributed by atoms with Gasteiger partial charge in [-0.3, -0.25) is 4.79 Å². The molecule has 4 heteroatoms. The van der Waals surface area contributed by atoms with E-state index in [2.05, 4.69) is 31.4 Å². The van der Waals surface area contributed by atoms with E-state index < -0.39 is 6.23 Å². The standard InChI is InChI=1S/C13H18N2O2/c1-13(2,3)8-4-5-9-10(6-8)15-11(16)7-14-12(9)17/h4-6,11,15-16H,7H2,1-3H3,(H,14,17). The molecule has 1 aromatic carbocycles. The van der Waals surface area contributed by atoms with E-state index in [1.165, 1.54) is 0 Å². The van der Waals surface area contributed by atoms with Crippen molar-refractivity contribution in [2.45, 2.75) is 32.4 Å². The van der Waals surface area contributed by atoms with Crippen molar-refractivity contribution < 1.29 is 9.90 Å². The lowest BCUT2D eigenvalue weighted by molar-refractivity contribution is 0.0936. The van der Waals surface area contributed by atoms with Crippen LogP contribution in [0.15, 0.2) is 18.2 Å². The number of carbonyl (C=O) groups is 1. The number of β-amino-alcohol motifs (C(OH)–C–C–N with tert-alkyl or cyclic N) is 1. The molecule has 1 aliphatic heterocycles. The molecule has 1 heterocycles. The SMILES string of the molecule is CC(C)(C)c1ccc2c(c1)NC(O)CNC2=O. The highest BCUT2D eigenvalue weighted by molar-refractivity contribution is 6.00. The molecular weight excluding hydrogens is 216 g/mol. The van der Waals surface area contributed by atoms with Gasteiger partial charge in [-0.2, -0.15) is 0 Å². The monoisotopic (exact) mass is 234 g/mol. The van der Waals surface area contributed by atoms with Crippen molar-refractivity contribution in [3.05, 3.63) is 29.3 Å². The second-order valence-electron chi connectivity index (χ2n) is 5.38. The number of hydrogen-bond acceptors (Lipinski definition) is 3. The van der Waals surface area contributed by atoms with Crippen LogP contribution in [0.4, 0.5) is 5.69 Å². The minimum absolute atomic E-state index is 0.0183. The number of aliphatic hydroxyl groups excluding tert-OH is 1. The summed E-state index contributed by atoms with van der Waals surface area (Å²) in [4.78, 5) is 11.7. The number of carbonyl (C=O) groups excluding carboxylic acids is 1. The Hall–Kier alpha value is -1.55. The van der Waals surface area contributed by atoms with Gasteiger partial charge in [-0.05, 0) is 23.1 Å². The van der Waals surface area contributed by atoms with Crippen molar-refractivity contribution in [3.63, 3.8) is 0 Å². The van der Waals surface area contributed by atoms with E-state index in [1.807, 2.05) is 12.1 Å². The first kappa shape index (κ1) is 11.9. The van der Waals surface area contributed by atoms with Crippen LogP contribution in [0.25, 0.3) is 0 Å². The van der Waals surface area contributed by atoms with Gasteiger partial charge in [0.05, 0.1) is 12.1 Å². The van der Waals surface area contributed by atoms with Gasteiger partial charge in [0.1, 0.15) is 6.23 Å². The molecule has 3 N–H and O–H groups in total. The molecule has 1 amide bonds. The van der Waals surface area contributed by atoms with Crippen molar-refractivity contribution in [3.8, 4) is 0 Å². The third-order valence-corrected chi connectivity index (χ3v) is 2.91. The Morgan fingerprint density at radius 1 is 1.35 bits per heavy atom. The first-order valence-corrected chi connectivity index (χ1v) is 5.75. The molecule has 17 heavy (non-hydrogen) atoms. The molecule has 92 valence electrons. The number of rotatable bonds is 0. The number of amides is 1. The van der Waals surface area contributed by atoms with E-state index >= 15 is 0 Å². The van der Waals surface area contributed by atoms with Gasteiger partial charge in [-0.1, -0.05) is 26.8 Å². The van der Waals surface area contributed by atoms with E-state index in [0.29, 0.717) is 11.3 Å². The first-order chi connectivity index (χ1) is 7.88. The van der Waals surface area contributed by atoms with Gasteiger partial charge in [-0.15, -0.1) is 0 Å². The van der Waals surface area contributed by atoms with Crippen LogP contribution < -0.4 is 10.6 Å². The van der Waals surface area contributed by atoms with E-state index in [1.54, 1.807) is 6.07 Å². The Kier molecular flexibility index (Phi) is 2.83. The average molecular weight is 234 g/mol. The highest BCUT2D eigenvalue weighted by atomic mass is 16.3. The zero-order valence-corrected chi connectivity index (χ0v) is 10.4.